The minimum absolute atomic E-state index is 0.00346. The van der Waals surface area contributed by atoms with Gasteiger partial charge in [-0.25, -0.2) is 0 Å². The van der Waals surface area contributed by atoms with Crippen LogP contribution in [0.25, 0.3) is 0 Å². The molecular weight excluding hydrogens is 454 g/mol. The van der Waals surface area contributed by atoms with Crippen LogP contribution < -0.4 is 5.32 Å². The number of carbonyl (C=O) groups is 1. The summed E-state index contributed by atoms with van der Waals surface area (Å²) in [7, 11) is 0. The predicted molar refractivity (Wildman–Crippen MR) is 141 cm³/mol. The zero-order valence-electron chi connectivity index (χ0n) is 21.8. The highest BCUT2D eigenvalue weighted by molar-refractivity contribution is 5.87. The van der Waals surface area contributed by atoms with Crippen LogP contribution in [0.1, 0.15) is 65.2 Å². The Kier molecular flexibility index (Phi) is 9.77. The van der Waals surface area contributed by atoms with E-state index in [9.17, 15) is 9.90 Å². The van der Waals surface area contributed by atoms with Gasteiger partial charge in [0.1, 0.15) is 6.10 Å². The van der Waals surface area contributed by atoms with Gasteiger partial charge < -0.3 is 24.6 Å². The molecule has 0 aromatic heterocycles. The van der Waals surface area contributed by atoms with Crippen LogP contribution in [0, 0.1) is 5.92 Å². The minimum atomic E-state index is -0.566. The number of aliphatic hydroxyl groups excluding tert-OH is 1. The van der Waals surface area contributed by atoms with E-state index in [1.807, 2.05) is 6.08 Å². The second-order valence-corrected chi connectivity index (χ2v) is 11.0. The fourth-order valence-electron chi connectivity index (χ4n) is 5.57. The van der Waals surface area contributed by atoms with Crippen LogP contribution in [0.4, 0.5) is 0 Å². The minimum Gasteiger partial charge on any atom is -0.390 e. The molecular formula is C30H43NO5. The van der Waals surface area contributed by atoms with E-state index in [0.717, 1.165) is 31.3 Å². The maximum absolute atomic E-state index is 12.7. The lowest BCUT2D eigenvalue weighted by atomic mass is 9.91. The van der Waals surface area contributed by atoms with Gasteiger partial charge in [0.15, 0.2) is 0 Å². The van der Waals surface area contributed by atoms with Crippen molar-refractivity contribution in [2.24, 2.45) is 5.92 Å². The molecule has 0 aromatic rings. The van der Waals surface area contributed by atoms with E-state index < -0.39 is 6.10 Å². The summed E-state index contributed by atoms with van der Waals surface area (Å²) in [5.74, 6) is 0.319. The van der Waals surface area contributed by atoms with Crippen LogP contribution in [-0.2, 0) is 19.0 Å². The van der Waals surface area contributed by atoms with E-state index in [-0.39, 0.29) is 42.5 Å². The molecule has 3 unspecified atom stereocenters. The fourth-order valence-corrected chi connectivity index (χ4v) is 5.57. The van der Waals surface area contributed by atoms with Crippen LogP contribution in [0.15, 0.2) is 60.3 Å². The van der Waals surface area contributed by atoms with Crippen LogP contribution in [0.5, 0.6) is 0 Å². The van der Waals surface area contributed by atoms with E-state index in [1.165, 1.54) is 5.57 Å². The molecule has 8 atom stereocenters. The largest absolute Gasteiger partial charge is 0.390 e. The Morgan fingerprint density at radius 2 is 2.03 bits per heavy atom. The quantitative estimate of drug-likeness (QED) is 0.436. The fraction of sp³-hybridized carbons (Fsp3) is 0.633. The van der Waals surface area contributed by atoms with Gasteiger partial charge in [-0.1, -0.05) is 61.1 Å². The number of aliphatic hydroxyl groups is 1. The topological polar surface area (TPSA) is 80.3 Å². The summed E-state index contributed by atoms with van der Waals surface area (Å²) in [6, 6.07) is -0.0851. The Balaban J connectivity index is 1.40. The maximum atomic E-state index is 12.7. The molecule has 0 aliphatic carbocycles. The number of carbonyl (C=O) groups excluding carboxylic acids is 1. The highest BCUT2D eigenvalue weighted by Crippen LogP contribution is 2.34. The number of hydrogen-bond donors (Lipinski definition) is 2. The van der Waals surface area contributed by atoms with Crippen LogP contribution >= 0.6 is 0 Å². The van der Waals surface area contributed by atoms with Crippen molar-refractivity contribution in [1.82, 2.24) is 5.32 Å². The van der Waals surface area contributed by atoms with E-state index in [1.54, 1.807) is 6.08 Å². The molecule has 1 saturated heterocycles. The summed E-state index contributed by atoms with van der Waals surface area (Å²) in [4.78, 5) is 12.7. The van der Waals surface area contributed by atoms with Gasteiger partial charge in [-0.05, 0) is 70.3 Å². The molecule has 2 N–H and O–H groups in total. The molecule has 6 heteroatoms. The lowest BCUT2D eigenvalue weighted by Gasteiger charge is -2.28. The lowest BCUT2D eigenvalue weighted by molar-refractivity contribution is -0.117. The molecule has 2 bridgehead atoms. The van der Waals surface area contributed by atoms with Gasteiger partial charge in [0.2, 0.25) is 5.91 Å². The van der Waals surface area contributed by atoms with E-state index in [4.69, 9.17) is 14.2 Å². The molecule has 0 radical (unpaired) electrons. The van der Waals surface area contributed by atoms with Gasteiger partial charge >= 0.3 is 0 Å². The molecule has 6 nitrogen and oxygen atoms in total. The van der Waals surface area contributed by atoms with Gasteiger partial charge in [-0.3, -0.25) is 4.79 Å². The average Bonchev–Trinajstić information content (AvgIpc) is 3.58. The molecule has 0 spiro atoms. The first kappa shape index (κ1) is 27.1. The number of epoxide rings is 1. The van der Waals surface area contributed by atoms with Crippen molar-refractivity contribution >= 4 is 5.91 Å². The number of rotatable bonds is 3. The molecule has 4 aliphatic heterocycles. The zero-order chi connectivity index (χ0) is 25.5. The predicted octanol–water partition coefficient (Wildman–Crippen LogP) is 4.71. The molecule has 36 heavy (non-hydrogen) atoms. The maximum Gasteiger partial charge on any atom is 0.243 e. The van der Waals surface area contributed by atoms with Gasteiger partial charge in [0.25, 0.3) is 0 Å². The van der Waals surface area contributed by atoms with Crippen LogP contribution in [0.2, 0.25) is 0 Å². The number of nitrogens with one attached hydrogen (secondary N) is 1. The smallest absolute Gasteiger partial charge is 0.243 e. The first-order valence-electron chi connectivity index (χ1n) is 13.6. The van der Waals surface area contributed by atoms with Crippen molar-refractivity contribution in [2.45, 2.75) is 108 Å². The zero-order valence-corrected chi connectivity index (χ0v) is 21.8. The monoisotopic (exact) mass is 497 g/mol. The first-order chi connectivity index (χ1) is 17.4. The molecule has 4 rings (SSSR count). The van der Waals surface area contributed by atoms with Crippen LogP contribution in [-0.4, -0.2) is 60.3 Å². The summed E-state index contributed by atoms with van der Waals surface area (Å²) in [6.45, 7) is 9.23. The van der Waals surface area contributed by atoms with Gasteiger partial charge in [-0.15, -0.1) is 0 Å². The second-order valence-electron chi connectivity index (χ2n) is 11.0. The third kappa shape index (κ3) is 8.55. The summed E-state index contributed by atoms with van der Waals surface area (Å²) < 4.78 is 17.9. The van der Waals surface area contributed by atoms with Gasteiger partial charge in [0.05, 0.1) is 37.1 Å². The molecule has 4 aliphatic rings. The van der Waals surface area contributed by atoms with E-state index in [0.29, 0.717) is 38.2 Å². The Morgan fingerprint density at radius 1 is 1.17 bits per heavy atom. The van der Waals surface area contributed by atoms with Crippen molar-refractivity contribution in [1.29, 1.82) is 0 Å². The highest BCUT2D eigenvalue weighted by Gasteiger charge is 2.45. The second kappa shape index (κ2) is 13.0. The lowest BCUT2D eigenvalue weighted by Crippen LogP contribution is -2.35. The summed E-state index contributed by atoms with van der Waals surface area (Å²) in [5.41, 5.74) is 2.40. The SMILES string of the molecule is C=C1CC(C)C[C@@H]2CC=C[C@@H](C/C=C\C(=O)NC(C/C=C/[C@@H]3CC(C)=CCO3)C[C@@H]3O[C@H]3C(O)C1)O2. The summed E-state index contributed by atoms with van der Waals surface area (Å²) in [6.07, 6.45) is 19.8. The third-order valence-corrected chi connectivity index (χ3v) is 7.46. The molecule has 0 saturated carbocycles. The van der Waals surface area contributed by atoms with Gasteiger partial charge in [0, 0.05) is 6.04 Å². The third-order valence-electron chi connectivity index (χ3n) is 7.46. The molecule has 0 aromatic carbocycles. The summed E-state index contributed by atoms with van der Waals surface area (Å²) in [5, 5.41) is 13.9. The van der Waals surface area contributed by atoms with Crippen molar-refractivity contribution in [3.8, 4) is 0 Å². The first-order valence-corrected chi connectivity index (χ1v) is 13.6. The number of fused-ring (bicyclic) bond motifs is 3. The number of ether oxygens (including phenoxy) is 3. The molecule has 4 heterocycles. The van der Waals surface area contributed by atoms with Crippen molar-refractivity contribution in [2.75, 3.05) is 6.61 Å². The Labute approximate surface area is 216 Å². The molecule has 1 amide bonds. The number of amides is 1. The van der Waals surface area contributed by atoms with Crippen molar-refractivity contribution in [3.05, 3.63) is 60.3 Å². The van der Waals surface area contributed by atoms with Crippen molar-refractivity contribution < 1.29 is 24.1 Å². The standard InChI is InChI=1S/C30H43NO5/c1-20-13-14-34-25(16-20)10-4-7-23-19-28-30(36-28)27(32)18-22(3)15-21(2)17-26-11-5-8-24(35-26)9-6-12-29(33)31-23/h4-6,8,10,12-13,21,23-28,30,32H,3,7,9,11,14-19H2,1-2H3,(H,31,33)/b10-4+,12-6-/t21?,23?,24-,25+,26-,27?,28-,30-/m0/s1. The Hall–Kier alpha value is -1.99. The molecule has 198 valence electrons. The summed E-state index contributed by atoms with van der Waals surface area (Å²) >= 11 is 0. The highest BCUT2D eigenvalue weighted by atomic mass is 16.6. The van der Waals surface area contributed by atoms with E-state index in [2.05, 4.69) is 56.1 Å². The normalized spacial score (nSPS) is 39.5. The van der Waals surface area contributed by atoms with Crippen LogP contribution in [0.3, 0.4) is 0 Å². The van der Waals surface area contributed by atoms with Crippen molar-refractivity contribution in [3.63, 3.8) is 0 Å². The molecule has 1 fully saturated rings. The number of hydrogen-bond acceptors (Lipinski definition) is 5. The average molecular weight is 498 g/mol. The Bertz CT molecular complexity index is 890. The van der Waals surface area contributed by atoms with E-state index >= 15 is 0 Å². The van der Waals surface area contributed by atoms with Gasteiger partial charge in [-0.2, -0.15) is 0 Å². The Morgan fingerprint density at radius 3 is 2.86 bits per heavy atom.